The quantitative estimate of drug-likeness (QED) is 0.879. The number of fused-ring (bicyclic) bond motifs is 1. The fourth-order valence-electron chi connectivity index (χ4n) is 2.92. The average Bonchev–Trinajstić information content (AvgIpc) is 2.46. The molecule has 1 heterocycles. The first-order valence-electron chi connectivity index (χ1n) is 7.31. The van der Waals surface area contributed by atoms with E-state index in [1.54, 1.807) is 0 Å². The molecule has 0 amide bonds. The summed E-state index contributed by atoms with van der Waals surface area (Å²) in [4.78, 5) is 0. The van der Waals surface area contributed by atoms with Crippen LogP contribution in [0.4, 0.5) is 0 Å². The Morgan fingerprint density at radius 2 is 2.05 bits per heavy atom. The topological polar surface area (TPSA) is 30.5 Å². The van der Waals surface area contributed by atoms with Gasteiger partial charge in [-0.05, 0) is 38.9 Å². The van der Waals surface area contributed by atoms with Gasteiger partial charge in [0.15, 0.2) is 0 Å². The van der Waals surface area contributed by atoms with E-state index in [4.69, 9.17) is 9.47 Å². The lowest BCUT2D eigenvalue weighted by Gasteiger charge is -2.42. The van der Waals surface area contributed by atoms with Crippen molar-refractivity contribution in [1.82, 2.24) is 5.32 Å². The summed E-state index contributed by atoms with van der Waals surface area (Å²) >= 11 is 0. The molecule has 2 rings (SSSR count). The zero-order valence-electron chi connectivity index (χ0n) is 12.5. The Labute approximate surface area is 116 Å². The van der Waals surface area contributed by atoms with Crippen molar-refractivity contribution in [1.29, 1.82) is 0 Å². The van der Waals surface area contributed by atoms with Crippen LogP contribution in [0, 0.1) is 0 Å². The van der Waals surface area contributed by atoms with E-state index in [2.05, 4.69) is 25.2 Å². The highest BCUT2D eigenvalue weighted by atomic mass is 16.5. The molecule has 0 fully saturated rings. The summed E-state index contributed by atoms with van der Waals surface area (Å²) in [5.41, 5.74) is 1.12. The van der Waals surface area contributed by atoms with E-state index in [0.29, 0.717) is 12.6 Å². The van der Waals surface area contributed by atoms with E-state index in [9.17, 15) is 0 Å². The van der Waals surface area contributed by atoms with Crippen molar-refractivity contribution in [2.24, 2.45) is 0 Å². The van der Waals surface area contributed by atoms with Crippen LogP contribution in [-0.4, -0.2) is 19.3 Å². The zero-order valence-corrected chi connectivity index (χ0v) is 12.5. The van der Waals surface area contributed by atoms with Crippen molar-refractivity contribution in [2.75, 3.05) is 13.7 Å². The molecule has 0 aliphatic carbocycles. The third-order valence-corrected chi connectivity index (χ3v) is 4.21. The van der Waals surface area contributed by atoms with E-state index < -0.39 is 0 Å². The van der Waals surface area contributed by atoms with Crippen molar-refractivity contribution in [3.05, 3.63) is 23.8 Å². The third kappa shape index (κ3) is 2.57. The Hall–Kier alpha value is -1.22. The highest BCUT2D eigenvalue weighted by Crippen LogP contribution is 2.46. The molecule has 3 nitrogen and oxygen atoms in total. The first-order valence-corrected chi connectivity index (χ1v) is 7.31. The molecular weight excluding hydrogens is 238 g/mol. The van der Waals surface area contributed by atoms with E-state index >= 15 is 0 Å². The molecule has 1 unspecified atom stereocenters. The number of hydrogen-bond acceptors (Lipinski definition) is 3. The smallest absolute Gasteiger partial charge is 0.128 e. The van der Waals surface area contributed by atoms with Crippen molar-refractivity contribution in [3.63, 3.8) is 0 Å². The lowest BCUT2D eigenvalue weighted by Crippen LogP contribution is -2.42. The van der Waals surface area contributed by atoms with Crippen molar-refractivity contribution < 1.29 is 9.47 Å². The largest absolute Gasteiger partial charge is 0.493 e. The molecule has 0 bridgehead atoms. The van der Waals surface area contributed by atoms with Crippen molar-refractivity contribution >= 4 is 0 Å². The third-order valence-electron chi connectivity index (χ3n) is 4.21. The summed E-state index contributed by atoms with van der Waals surface area (Å²) in [5.74, 6) is 1.92. The van der Waals surface area contributed by atoms with E-state index in [1.165, 1.54) is 5.56 Å². The second-order valence-corrected chi connectivity index (χ2v) is 5.14. The van der Waals surface area contributed by atoms with Gasteiger partial charge < -0.3 is 14.8 Å². The second-order valence-electron chi connectivity index (χ2n) is 5.14. The maximum Gasteiger partial charge on any atom is 0.128 e. The molecule has 1 aliphatic rings. The van der Waals surface area contributed by atoms with Crippen molar-refractivity contribution in [2.45, 2.75) is 51.7 Å². The first kappa shape index (κ1) is 14.2. The highest BCUT2D eigenvalue weighted by Gasteiger charge is 2.39. The van der Waals surface area contributed by atoms with Crippen LogP contribution in [0.25, 0.3) is 0 Å². The van der Waals surface area contributed by atoms with Crippen LogP contribution in [0.2, 0.25) is 0 Å². The standard InChI is InChI=1S/C16H25NO2/c1-5-16(6-2)11-12(17-4)15-13(18-7-3)9-8-10-14(15)19-16/h8-10,12,17H,5-7,11H2,1-4H3. The maximum atomic E-state index is 6.32. The van der Waals surface area contributed by atoms with Gasteiger partial charge in [0.05, 0.1) is 12.2 Å². The second kappa shape index (κ2) is 5.83. The van der Waals surface area contributed by atoms with Crippen LogP contribution in [0.3, 0.4) is 0 Å². The van der Waals surface area contributed by atoms with E-state index in [-0.39, 0.29) is 5.60 Å². The lowest BCUT2D eigenvalue weighted by atomic mass is 9.83. The Morgan fingerprint density at radius 3 is 2.63 bits per heavy atom. The van der Waals surface area contributed by atoms with Crippen LogP contribution >= 0.6 is 0 Å². The fourth-order valence-corrected chi connectivity index (χ4v) is 2.92. The Bertz CT molecular complexity index is 427. The van der Waals surface area contributed by atoms with Gasteiger partial charge in [0.25, 0.3) is 0 Å². The number of benzene rings is 1. The normalized spacial score (nSPS) is 20.5. The van der Waals surface area contributed by atoms with E-state index in [0.717, 1.165) is 30.8 Å². The highest BCUT2D eigenvalue weighted by molar-refractivity contribution is 5.49. The average molecular weight is 263 g/mol. The summed E-state index contributed by atoms with van der Waals surface area (Å²) in [6, 6.07) is 6.40. The van der Waals surface area contributed by atoms with Crippen LogP contribution in [0.5, 0.6) is 11.5 Å². The summed E-state index contributed by atoms with van der Waals surface area (Å²) in [5, 5.41) is 3.42. The molecule has 1 N–H and O–H groups in total. The summed E-state index contributed by atoms with van der Waals surface area (Å²) in [6.45, 7) is 7.10. The molecule has 19 heavy (non-hydrogen) atoms. The molecule has 0 spiro atoms. The predicted molar refractivity (Wildman–Crippen MR) is 78.0 cm³/mol. The van der Waals surface area contributed by atoms with Gasteiger partial charge in [-0.1, -0.05) is 19.9 Å². The number of ether oxygens (including phenoxy) is 2. The molecule has 0 radical (unpaired) electrons. The van der Waals surface area contributed by atoms with Gasteiger partial charge >= 0.3 is 0 Å². The SMILES string of the molecule is CCOc1cccc2c1C(NC)CC(CC)(CC)O2. The van der Waals surface area contributed by atoms with Gasteiger partial charge in [-0.25, -0.2) is 0 Å². The Kier molecular flexibility index (Phi) is 4.35. The van der Waals surface area contributed by atoms with Gasteiger partial charge in [-0.15, -0.1) is 0 Å². The minimum Gasteiger partial charge on any atom is -0.493 e. The molecule has 0 saturated carbocycles. The molecule has 0 saturated heterocycles. The van der Waals surface area contributed by atoms with Gasteiger partial charge in [0, 0.05) is 12.5 Å². The van der Waals surface area contributed by atoms with E-state index in [1.807, 2.05) is 26.1 Å². The number of hydrogen-bond donors (Lipinski definition) is 1. The minimum absolute atomic E-state index is 0.0501. The molecule has 1 atom stereocenters. The van der Waals surface area contributed by atoms with Crippen molar-refractivity contribution in [3.8, 4) is 11.5 Å². The maximum absolute atomic E-state index is 6.32. The molecule has 1 aromatic carbocycles. The number of rotatable bonds is 5. The molecular formula is C16H25NO2. The van der Waals surface area contributed by atoms with Crippen LogP contribution in [0.15, 0.2) is 18.2 Å². The molecule has 0 aromatic heterocycles. The minimum atomic E-state index is -0.0501. The van der Waals surface area contributed by atoms with Crippen LogP contribution < -0.4 is 14.8 Å². The van der Waals surface area contributed by atoms with Crippen LogP contribution in [0.1, 0.15) is 51.6 Å². The van der Waals surface area contributed by atoms with Crippen LogP contribution in [-0.2, 0) is 0 Å². The molecule has 106 valence electrons. The number of nitrogens with one attached hydrogen (secondary N) is 1. The van der Waals surface area contributed by atoms with Gasteiger partial charge in [-0.3, -0.25) is 0 Å². The fraction of sp³-hybridized carbons (Fsp3) is 0.625. The Balaban J connectivity index is 2.44. The lowest BCUT2D eigenvalue weighted by molar-refractivity contribution is 0.0228. The summed E-state index contributed by atoms with van der Waals surface area (Å²) in [6.07, 6.45) is 3.05. The molecule has 1 aromatic rings. The van der Waals surface area contributed by atoms with Gasteiger partial charge in [-0.2, -0.15) is 0 Å². The monoisotopic (exact) mass is 263 g/mol. The predicted octanol–water partition coefficient (Wildman–Crippen LogP) is 3.69. The van der Waals surface area contributed by atoms with Gasteiger partial charge in [0.2, 0.25) is 0 Å². The molecule has 1 aliphatic heterocycles. The summed E-state index contributed by atoms with van der Waals surface area (Å²) in [7, 11) is 2.01. The first-order chi connectivity index (χ1) is 9.19. The van der Waals surface area contributed by atoms with Gasteiger partial charge in [0.1, 0.15) is 17.1 Å². The summed E-state index contributed by atoms with van der Waals surface area (Å²) < 4.78 is 12.1. The zero-order chi connectivity index (χ0) is 13.9. The molecule has 3 heteroatoms. The Morgan fingerprint density at radius 1 is 1.32 bits per heavy atom.